The average molecular weight is 323 g/mol. The van der Waals surface area contributed by atoms with E-state index in [1.165, 1.54) is 0 Å². The van der Waals surface area contributed by atoms with E-state index >= 15 is 0 Å². The molecule has 0 bridgehead atoms. The van der Waals surface area contributed by atoms with E-state index in [4.69, 9.17) is 11.6 Å². The Morgan fingerprint density at radius 1 is 0.950 bits per heavy atom. The van der Waals surface area contributed by atoms with E-state index in [0.717, 1.165) is 12.1 Å². The Labute approximate surface area is 110 Å². The summed E-state index contributed by atoms with van der Waals surface area (Å²) < 4.78 is 88.9. The van der Waals surface area contributed by atoms with Crippen LogP contribution in [0.3, 0.4) is 0 Å². The van der Waals surface area contributed by atoms with Gasteiger partial charge >= 0.3 is 18.0 Å². The van der Waals surface area contributed by atoms with E-state index in [-0.39, 0.29) is 4.52 Å². The molecule has 2 rings (SSSR count). The lowest BCUT2D eigenvalue weighted by Gasteiger charge is -2.26. The van der Waals surface area contributed by atoms with Crippen LogP contribution in [-0.4, -0.2) is 31.9 Å². The Balaban J connectivity index is 2.66. The highest BCUT2D eigenvalue weighted by Gasteiger charge is 2.75. The van der Waals surface area contributed by atoms with Gasteiger partial charge in [0.1, 0.15) is 5.15 Å². The normalized spacial score (nSPS) is 14.0. The van der Waals surface area contributed by atoms with E-state index in [0.29, 0.717) is 0 Å². The second-order valence-corrected chi connectivity index (χ2v) is 3.98. The van der Waals surface area contributed by atoms with Gasteiger partial charge in [-0.3, -0.25) is 0 Å². The van der Waals surface area contributed by atoms with E-state index in [1.807, 2.05) is 0 Å². The van der Waals surface area contributed by atoms with Crippen LogP contribution in [0.1, 0.15) is 5.82 Å². The lowest BCUT2D eigenvalue weighted by Crippen LogP contribution is -2.51. The van der Waals surface area contributed by atoms with Crippen molar-refractivity contribution in [1.29, 1.82) is 0 Å². The first kappa shape index (κ1) is 14.8. The zero-order valence-corrected chi connectivity index (χ0v) is 9.72. The van der Waals surface area contributed by atoms with Crippen molar-refractivity contribution < 1.29 is 30.7 Å². The molecule has 2 aromatic rings. The van der Waals surface area contributed by atoms with E-state index < -0.39 is 34.6 Å². The van der Waals surface area contributed by atoms with Crippen LogP contribution in [0, 0.1) is 0 Å². The van der Waals surface area contributed by atoms with Gasteiger partial charge in [-0.05, 0) is 12.1 Å². The van der Waals surface area contributed by atoms with Gasteiger partial charge in [-0.2, -0.15) is 40.3 Å². The largest absolute Gasteiger partial charge is 0.460 e. The number of hydrogen-bond acceptors (Lipinski definition) is 3. The number of halogens is 8. The Hall–Kier alpha value is -1.65. The summed E-state index contributed by atoms with van der Waals surface area (Å²) >= 11 is 5.36. The molecule has 4 nitrogen and oxygen atoms in total. The maximum Gasteiger partial charge on any atom is 0.460 e. The molecule has 0 aliphatic heterocycles. The zero-order chi connectivity index (χ0) is 15.3. The molecule has 0 amide bonds. The minimum atomic E-state index is -6.47. The van der Waals surface area contributed by atoms with Crippen LogP contribution in [0.5, 0.6) is 0 Å². The maximum absolute atomic E-state index is 13.4. The predicted molar refractivity (Wildman–Crippen MR) is 50.7 cm³/mol. The van der Waals surface area contributed by atoms with Gasteiger partial charge in [0, 0.05) is 0 Å². The molecule has 0 radical (unpaired) electrons. The topological polar surface area (TPSA) is 43.1 Å². The highest BCUT2D eigenvalue weighted by atomic mass is 35.5. The summed E-state index contributed by atoms with van der Waals surface area (Å²) in [6.45, 7) is 0. The standard InChI is InChI=1S/C8H2ClF7N4/c9-3-1-2-4-17-18-5(20(4)19-3)6(10,11)7(12,13)8(14,15)16/h1-2H. The molecule has 0 fully saturated rings. The van der Waals surface area contributed by atoms with Crippen molar-refractivity contribution in [2.45, 2.75) is 18.0 Å². The molecular weight excluding hydrogens is 321 g/mol. The molecule has 12 heteroatoms. The monoisotopic (exact) mass is 322 g/mol. The molecule has 0 saturated carbocycles. The van der Waals surface area contributed by atoms with Gasteiger partial charge in [-0.25, -0.2) is 0 Å². The number of fused-ring (bicyclic) bond motifs is 1. The summed E-state index contributed by atoms with van der Waals surface area (Å²) in [4.78, 5) is 0. The summed E-state index contributed by atoms with van der Waals surface area (Å²) in [6.07, 6.45) is -6.47. The van der Waals surface area contributed by atoms with Gasteiger partial charge in [-0.15, -0.1) is 10.2 Å². The molecule has 20 heavy (non-hydrogen) atoms. The van der Waals surface area contributed by atoms with Crippen LogP contribution in [0.4, 0.5) is 30.7 Å². The third-order valence-electron chi connectivity index (χ3n) is 2.26. The van der Waals surface area contributed by atoms with Crippen molar-refractivity contribution >= 4 is 17.2 Å². The maximum atomic E-state index is 13.4. The first-order chi connectivity index (χ1) is 8.98. The van der Waals surface area contributed by atoms with Gasteiger partial charge in [-0.1, -0.05) is 11.6 Å². The third kappa shape index (κ3) is 1.96. The van der Waals surface area contributed by atoms with Crippen molar-refractivity contribution in [3.63, 3.8) is 0 Å². The van der Waals surface area contributed by atoms with E-state index in [1.54, 1.807) is 0 Å². The summed E-state index contributed by atoms with van der Waals surface area (Å²) in [5.74, 6) is -14.0. The van der Waals surface area contributed by atoms with Gasteiger partial charge in [0.25, 0.3) is 0 Å². The molecule has 0 unspecified atom stereocenters. The van der Waals surface area contributed by atoms with Crippen LogP contribution in [0.25, 0.3) is 5.65 Å². The van der Waals surface area contributed by atoms with Gasteiger partial charge in [0.15, 0.2) is 5.65 Å². The molecule has 0 spiro atoms. The second kappa shape index (κ2) is 4.17. The van der Waals surface area contributed by atoms with Gasteiger partial charge in [0.2, 0.25) is 5.82 Å². The minimum absolute atomic E-state index is 0.0297. The van der Waals surface area contributed by atoms with E-state index in [9.17, 15) is 30.7 Å². The van der Waals surface area contributed by atoms with E-state index in [2.05, 4.69) is 15.3 Å². The lowest BCUT2D eigenvalue weighted by molar-refractivity contribution is -0.361. The highest BCUT2D eigenvalue weighted by molar-refractivity contribution is 6.29. The number of hydrogen-bond donors (Lipinski definition) is 0. The molecule has 0 saturated heterocycles. The van der Waals surface area contributed by atoms with Crippen LogP contribution >= 0.6 is 11.6 Å². The van der Waals surface area contributed by atoms with Crippen LogP contribution in [0.2, 0.25) is 5.15 Å². The van der Waals surface area contributed by atoms with Crippen molar-refractivity contribution in [2.24, 2.45) is 0 Å². The lowest BCUT2D eigenvalue weighted by atomic mass is 10.1. The summed E-state index contributed by atoms with van der Waals surface area (Å²) in [5, 5.41) is 8.44. The Kier molecular flexibility index (Phi) is 3.08. The van der Waals surface area contributed by atoms with Crippen LogP contribution in [0.15, 0.2) is 12.1 Å². The number of rotatable bonds is 2. The number of alkyl halides is 7. The molecular formula is C8H2ClF7N4. The molecule has 2 aromatic heterocycles. The summed E-state index contributed by atoms with van der Waals surface area (Å²) in [5.41, 5.74) is -0.456. The third-order valence-corrected chi connectivity index (χ3v) is 2.46. The first-order valence-corrected chi connectivity index (χ1v) is 5.07. The molecule has 0 atom stereocenters. The molecule has 0 aromatic carbocycles. The van der Waals surface area contributed by atoms with Crippen molar-refractivity contribution in [3.05, 3.63) is 23.1 Å². The number of aromatic nitrogens is 4. The van der Waals surface area contributed by atoms with Crippen molar-refractivity contribution in [3.8, 4) is 0 Å². The molecule has 0 aliphatic rings. The quantitative estimate of drug-likeness (QED) is 0.798. The van der Waals surface area contributed by atoms with Gasteiger partial charge in [0.05, 0.1) is 0 Å². The van der Waals surface area contributed by atoms with Crippen molar-refractivity contribution in [1.82, 2.24) is 19.8 Å². The van der Waals surface area contributed by atoms with Crippen molar-refractivity contribution in [2.75, 3.05) is 0 Å². The van der Waals surface area contributed by atoms with Crippen LogP contribution < -0.4 is 0 Å². The second-order valence-electron chi connectivity index (χ2n) is 3.60. The fraction of sp³-hybridized carbons (Fsp3) is 0.375. The minimum Gasteiger partial charge on any atom is -0.190 e. The molecule has 2 heterocycles. The van der Waals surface area contributed by atoms with Crippen LogP contribution in [-0.2, 0) is 5.92 Å². The molecule has 0 aliphatic carbocycles. The zero-order valence-electron chi connectivity index (χ0n) is 8.97. The summed E-state index contributed by atoms with van der Waals surface area (Å²) in [6, 6.07) is 2.06. The number of nitrogens with zero attached hydrogens (tertiary/aromatic N) is 4. The SMILES string of the molecule is FC(F)(F)C(F)(F)C(F)(F)c1nnc2ccc(Cl)nn12. The van der Waals surface area contributed by atoms with Gasteiger partial charge < -0.3 is 0 Å². The summed E-state index contributed by atoms with van der Waals surface area (Å²) in [7, 11) is 0. The first-order valence-electron chi connectivity index (χ1n) is 4.69. The molecule has 0 N–H and O–H groups in total. The Morgan fingerprint density at radius 3 is 2.10 bits per heavy atom. The fourth-order valence-corrected chi connectivity index (χ4v) is 1.42. The highest BCUT2D eigenvalue weighted by Crippen LogP contribution is 2.51. The molecule has 110 valence electrons. The average Bonchev–Trinajstić information content (AvgIpc) is 2.70. The smallest absolute Gasteiger partial charge is 0.190 e. The predicted octanol–water partition coefficient (Wildman–Crippen LogP) is 3.07. The fourth-order valence-electron chi connectivity index (χ4n) is 1.28. The Morgan fingerprint density at radius 2 is 1.55 bits per heavy atom. The Bertz CT molecular complexity index is 650.